The van der Waals surface area contributed by atoms with E-state index < -0.39 is 0 Å². The zero-order valence-electron chi connectivity index (χ0n) is 16.2. The first kappa shape index (κ1) is 19.1. The molecule has 1 aliphatic heterocycles. The maximum absolute atomic E-state index is 12.4. The summed E-state index contributed by atoms with van der Waals surface area (Å²) in [5.74, 6) is 1.43. The first-order chi connectivity index (χ1) is 13.0. The van der Waals surface area contributed by atoms with Crippen molar-refractivity contribution in [1.29, 1.82) is 0 Å². The van der Waals surface area contributed by atoms with Crippen molar-refractivity contribution in [2.45, 2.75) is 20.8 Å². The summed E-state index contributed by atoms with van der Waals surface area (Å²) in [4.78, 5) is 23.6. The van der Waals surface area contributed by atoms with E-state index >= 15 is 0 Å². The summed E-state index contributed by atoms with van der Waals surface area (Å²) in [7, 11) is 0. The van der Waals surface area contributed by atoms with Crippen molar-refractivity contribution < 1.29 is 9.53 Å². The molecule has 0 radical (unpaired) electrons. The average Bonchev–Trinajstić information content (AvgIpc) is 2.67. The van der Waals surface area contributed by atoms with E-state index in [2.05, 4.69) is 25.5 Å². The van der Waals surface area contributed by atoms with E-state index in [0.29, 0.717) is 19.0 Å². The SMILES string of the molecule is Cc1ccc(C)c(C(=O)NCCNc2nc(C)cc(N3CCOCC3)n2)c1. The molecule has 2 aromatic rings. The number of hydrogen-bond donors (Lipinski definition) is 2. The summed E-state index contributed by atoms with van der Waals surface area (Å²) in [6.45, 7) is 10.0. The number of aromatic nitrogens is 2. The second-order valence-electron chi connectivity index (χ2n) is 6.79. The lowest BCUT2D eigenvalue weighted by Gasteiger charge is -2.28. The van der Waals surface area contributed by atoms with Crippen molar-refractivity contribution in [3.63, 3.8) is 0 Å². The smallest absolute Gasteiger partial charge is 0.251 e. The third kappa shape index (κ3) is 5.17. The van der Waals surface area contributed by atoms with Gasteiger partial charge >= 0.3 is 0 Å². The number of aryl methyl sites for hydroxylation is 3. The molecule has 2 heterocycles. The van der Waals surface area contributed by atoms with Crippen LogP contribution in [0.25, 0.3) is 0 Å². The number of benzene rings is 1. The van der Waals surface area contributed by atoms with E-state index in [1.807, 2.05) is 45.0 Å². The van der Waals surface area contributed by atoms with Gasteiger partial charge in [0, 0.05) is 43.5 Å². The number of amides is 1. The molecule has 1 amide bonds. The lowest BCUT2D eigenvalue weighted by molar-refractivity contribution is 0.0954. The Morgan fingerprint density at radius 1 is 1.11 bits per heavy atom. The van der Waals surface area contributed by atoms with Crippen LogP contribution in [0.3, 0.4) is 0 Å². The molecule has 0 unspecified atom stereocenters. The number of ether oxygens (including phenoxy) is 1. The van der Waals surface area contributed by atoms with Gasteiger partial charge in [0.25, 0.3) is 5.91 Å². The number of carbonyl (C=O) groups excluding carboxylic acids is 1. The van der Waals surface area contributed by atoms with Gasteiger partial charge in [0.1, 0.15) is 5.82 Å². The van der Waals surface area contributed by atoms with Crippen LogP contribution in [-0.2, 0) is 4.74 Å². The molecule has 0 atom stereocenters. The normalized spacial score (nSPS) is 14.1. The minimum Gasteiger partial charge on any atom is -0.378 e. The third-order valence-corrected chi connectivity index (χ3v) is 4.51. The number of anilines is 2. The molecule has 27 heavy (non-hydrogen) atoms. The topological polar surface area (TPSA) is 79.4 Å². The number of nitrogens with zero attached hydrogens (tertiary/aromatic N) is 3. The van der Waals surface area contributed by atoms with Gasteiger partial charge in [-0.2, -0.15) is 4.98 Å². The van der Waals surface area contributed by atoms with Crippen LogP contribution in [0.1, 0.15) is 27.2 Å². The predicted octanol–water partition coefficient (Wildman–Crippen LogP) is 2.08. The fourth-order valence-corrected chi connectivity index (χ4v) is 3.01. The van der Waals surface area contributed by atoms with E-state index in [-0.39, 0.29) is 5.91 Å². The first-order valence-corrected chi connectivity index (χ1v) is 9.30. The molecule has 1 aromatic heterocycles. The predicted molar refractivity (Wildman–Crippen MR) is 107 cm³/mol. The highest BCUT2D eigenvalue weighted by Crippen LogP contribution is 2.16. The van der Waals surface area contributed by atoms with Crippen molar-refractivity contribution in [3.8, 4) is 0 Å². The summed E-state index contributed by atoms with van der Waals surface area (Å²) in [5, 5.41) is 6.15. The molecule has 0 saturated carbocycles. The van der Waals surface area contributed by atoms with Crippen molar-refractivity contribution in [1.82, 2.24) is 15.3 Å². The molecule has 1 fully saturated rings. The van der Waals surface area contributed by atoms with Gasteiger partial charge in [0.15, 0.2) is 0 Å². The second kappa shape index (κ2) is 8.81. The van der Waals surface area contributed by atoms with Gasteiger partial charge in [-0.15, -0.1) is 0 Å². The maximum atomic E-state index is 12.4. The fraction of sp³-hybridized carbons (Fsp3) is 0.450. The Balaban J connectivity index is 1.53. The van der Waals surface area contributed by atoms with Gasteiger partial charge in [-0.25, -0.2) is 4.98 Å². The van der Waals surface area contributed by atoms with Crippen molar-refractivity contribution >= 4 is 17.7 Å². The van der Waals surface area contributed by atoms with Gasteiger partial charge in [-0.1, -0.05) is 17.7 Å². The number of carbonyl (C=O) groups is 1. The van der Waals surface area contributed by atoms with Gasteiger partial charge < -0.3 is 20.3 Å². The summed E-state index contributed by atoms with van der Waals surface area (Å²) in [6.07, 6.45) is 0. The minimum absolute atomic E-state index is 0.0582. The summed E-state index contributed by atoms with van der Waals surface area (Å²) in [5.41, 5.74) is 3.68. The zero-order valence-corrected chi connectivity index (χ0v) is 16.2. The highest BCUT2D eigenvalue weighted by atomic mass is 16.5. The molecule has 3 rings (SSSR count). The van der Waals surface area contributed by atoms with E-state index in [9.17, 15) is 4.79 Å². The van der Waals surface area contributed by atoms with Crippen LogP contribution in [0, 0.1) is 20.8 Å². The lowest BCUT2D eigenvalue weighted by Crippen LogP contribution is -2.37. The largest absolute Gasteiger partial charge is 0.378 e. The molecule has 1 aliphatic rings. The monoisotopic (exact) mass is 369 g/mol. The van der Waals surface area contributed by atoms with Crippen LogP contribution in [-0.4, -0.2) is 55.3 Å². The molecular formula is C20H27N5O2. The van der Waals surface area contributed by atoms with Gasteiger partial charge in [-0.3, -0.25) is 4.79 Å². The quantitative estimate of drug-likeness (QED) is 0.759. The molecule has 7 heteroatoms. The van der Waals surface area contributed by atoms with Crippen LogP contribution in [0.4, 0.5) is 11.8 Å². The van der Waals surface area contributed by atoms with E-state index in [1.54, 1.807) is 0 Å². The van der Waals surface area contributed by atoms with Crippen molar-refractivity contribution in [2.75, 3.05) is 49.6 Å². The highest BCUT2D eigenvalue weighted by Gasteiger charge is 2.14. The van der Waals surface area contributed by atoms with Gasteiger partial charge in [0.2, 0.25) is 5.95 Å². The van der Waals surface area contributed by atoms with Crippen LogP contribution in [0.2, 0.25) is 0 Å². The second-order valence-corrected chi connectivity index (χ2v) is 6.79. The number of morpholine rings is 1. The maximum Gasteiger partial charge on any atom is 0.251 e. The Bertz CT molecular complexity index is 803. The number of hydrogen-bond acceptors (Lipinski definition) is 6. The Kier molecular flexibility index (Phi) is 6.24. The molecule has 7 nitrogen and oxygen atoms in total. The zero-order chi connectivity index (χ0) is 19.2. The molecule has 2 N–H and O–H groups in total. The molecule has 0 spiro atoms. The van der Waals surface area contributed by atoms with E-state index in [0.717, 1.165) is 54.5 Å². The first-order valence-electron chi connectivity index (χ1n) is 9.30. The number of nitrogens with one attached hydrogen (secondary N) is 2. The Labute approximate surface area is 160 Å². The van der Waals surface area contributed by atoms with Crippen molar-refractivity contribution in [3.05, 3.63) is 46.6 Å². The Morgan fingerprint density at radius 3 is 2.67 bits per heavy atom. The molecule has 1 saturated heterocycles. The standard InChI is InChI=1S/C20H27N5O2/c1-14-4-5-15(2)17(12-14)19(26)21-6-7-22-20-23-16(3)13-18(24-20)25-8-10-27-11-9-25/h4-5,12-13H,6-11H2,1-3H3,(H,21,26)(H,22,23,24). The van der Waals surface area contributed by atoms with Crippen LogP contribution in [0.15, 0.2) is 24.3 Å². The minimum atomic E-state index is -0.0582. The molecule has 144 valence electrons. The number of rotatable bonds is 6. The summed E-state index contributed by atoms with van der Waals surface area (Å²) >= 11 is 0. The highest BCUT2D eigenvalue weighted by molar-refractivity contribution is 5.95. The molecule has 0 bridgehead atoms. The van der Waals surface area contributed by atoms with E-state index in [1.165, 1.54) is 0 Å². The lowest BCUT2D eigenvalue weighted by atomic mass is 10.1. The average molecular weight is 369 g/mol. The van der Waals surface area contributed by atoms with Crippen LogP contribution < -0.4 is 15.5 Å². The van der Waals surface area contributed by atoms with Gasteiger partial charge in [-0.05, 0) is 32.4 Å². The van der Waals surface area contributed by atoms with Gasteiger partial charge in [0.05, 0.1) is 13.2 Å². The van der Waals surface area contributed by atoms with E-state index in [4.69, 9.17) is 4.74 Å². The Morgan fingerprint density at radius 2 is 1.89 bits per heavy atom. The van der Waals surface area contributed by atoms with Crippen LogP contribution in [0.5, 0.6) is 0 Å². The van der Waals surface area contributed by atoms with Crippen molar-refractivity contribution in [2.24, 2.45) is 0 Å². The third-order valence-electron chi connectivity index (χ3n) is 4.51. The molecule has 1 aromatic carbocycles. The molecular weight excluding hydrogens is 342 g/mol. The molecule has 0 aliphatic carbocycles. The summed E-state index contributed by atoms with van der Waals surface area (Å²) < 4.78 is 5.39. The Hall–Kier alpha value is -2.67. The summed E-state index contributed by atoms with van der Waals surface area (Å²) in [6, 6.07) is 7.88. The fourth-order valence-electron chi connectivity index (χ4n) is 3.01. The van der Waals surface area contributed by atoms with Crippen LogP contribution >= 0.6 is 0 Å².